The summed E-state index contributed by atoms with van der Waals surface area (Å²) >= 11 is 0. The molecule has 2 heteroatoms. The Hall–Kier alpha value is -1.64. The van der Waals surface area contributed by atoms with Gasteiger partial charge in [0.15, 0.2) is 0 Å². The fraction of sp³-hybridized carbons (Fsp3) is 0.368. The molecule has 1 atom stereocenters. The Morgan fingerprint density at radius 2 is 1.52 bits per heavy atom. The van der Waals surface area contributed by atoms with Crippen LogP contribution in [0.3, 0.4) is 0 Å². The number of hydrogen-bond donors (Lipinski definition) is 2. The molecule has 0 aliphatic carbocycles. The van der Waals surface area contributed by atoms with Gasteiger partial charge in [0.2, 0.25) is 0 Å². The molecule has 0 amide bonds. The van der Waals surface area contributed by atoms with Gasteiger partial charge < -0.3 is 10.8 Å². The van der Waals surface area contributed by atoms with Crippen molar-refractivity contribution in [2.45, 2.75) is 38.2 Å². The Bertz CT molecular complexity index is 524. The van der Waals surface area contributed by atoms with Crippen molar-refractivity contribution in [1.82, 2.24) is 0 Å². The lowest BCUT2D eigenvalue weighted by Gasteiger charge is -2.11. The fourth-order valence-electron chi connectivity index (χ4n) is 2.58. The third-order valence-corrected chi connectivity index (χ3v) is 3.80. The molecule has 0 bridgehead atoms. The van der Waals surface area contributed by atoms with Gasteiger partial charge in [-0.15, -0.1) is 0 Å². The van der Waals surface area contributed by atoms with Crippen molar-refractivity contribution in [3.05, 3.63) is 71.3 Å². The average molecular weight is 283 g/mol. The number of aryl methyl sites for hydroxylation is 2. The van der Waals surface area contributed by atoms with Crippen molar-refractivity contribution in [3.8, 4) is 0 Å². The van der Waals surface area contributed by atoms with Gasteiger partial charge in [-0.2, -0.15) is 0 Å². The molecule has 2 aromatic carbocycles. The first kappa shape index (κ1) is 15.7. The zero-order valence-electron chi connectivity index (χ0n) is 12.5. The molecule has 3 N–H and O–H groups in total. The Labute approximate surface area is 127 Å². The first-order chi connectivity index (χ1) is 10.3. The summed E-state index contributed by atoms with van der Waals surface area (Å²) in [5.41, 5.74) is 9.19. The molecule has 112 valence electrons. The zero-order chi connectivity index (χ0) is 14.9. The maximum atomic E-state index is 9.99. The summed E-state index contributed by atoms with van der Waals surface area (Å²) in [7, 11) is 0. The fourth-order valence-corrected chi connectivity index (χ4v) is 2.58. The molecule has 2 nitrogen and oxygen atoms in total. The monoisotopic (exact) mass is 283 g/mol. The predicted octanol–water partition coefficient (Wildman–Crippen LogP) is 3.63. The second-order valence-electron chi connectivity index (χ2n) is 5.53. The maximum Gasteiger partial charge on any atom is 0.0802 e. The molecule has 0 aromatic heterocycles. The van der Waals surface area contributed by atoms with E-state index in [4.69, 9.17) is 5.73 Å². The minimum atomic E-state index is -0.431. The quantitative estimate of drug-likeness (QED) is 0.727. The Morgan fingerprint density at radius 3 is 2.24 bits per heavy atom. The molecule has 0 aliphatic heterocycles. The highest BCUT2D eigenvalue weighted by atomic mass is 16.3. The molecule has 21 heavy (non-hydrogen) atoms. The van der Waals surface area contributed by atoms with Crippen molar-refractivity contribution in [2.24, 2.45) is 5.73 Å². The lowest BCUT2D eigenvalue weighted by Crippen LogP contribution is -2.06. The molecule has 0 heterocycles. The Kier molecular flexibility index (Phi) is 6.45. The van der Waals surface area contributed by atoms with Crippen molar-refractivity contribution >= 4 is 0 Å². The van der Waals surface area contributed by atoms with Gasteiger partial charge in [-0.25, -0.2) is 0 Å². The second kappa shape index (κ2) is 8.60. The van der Waals surface area contributed by atoms with Gasteiger partial charge in [0.1, 0.15) is 0 Å². The highest BCUT2D eigenvalue weighted by Gasteiger charge is 2.06. The van der Waals surface area contributed by atoms with E-state index in [1.807, 2.05) is 12.1 Å². The Balaban J connectivity index is 1.79. The van der Waals surface area contributed by atoms with Gasteiger partial charge in [-0.1, -0.05) is 54.6 Å². The van der Waals surface area contributed by atoms with E-state index < -0.39 is 6.10 Å². The molecule has 0 radical (unpaired) electrons. The maximum absolute atomic E-state index is 9.99. The SMILES string of the molecule is NCCC(O)c1cccc(CCCCc2ccccc2)c1. The number of hydrogen-bond acceptors (Lipinski definition) is 2. The number of unbranched alkanes of at least 4 members (excludes halogenated alkanes) is 1. The molecule has 0 spiro atoms. The molecule has 0 aliphatic rings. The van der Waals surface area contributed by atoms with E-state index in [2.05, 4.69) is 42.5 Å². The molecular formula is C19H25NO. The van der Waals surface area contributed by atoms with E-state index in [0.717, 1.165) is 18.4 Å². The van der Waals surface area contributed by atoms with E-state index in [-0.39, 0.29) is 0 Å². The summed E-state index contributed by atoms with van der Waals surface area (Å²) in [5.74, 6) is 0. The van der Waals surface area contributed by atoms with Gasteiger partial charge in [0, 0.05) is 0 Å². The molecular weight excluding hydrogens is 258 g/mol. The van der Waals surface area contributed by atoms with Gasteiger partial charge in [-0.3, -0.25) is 0 Å². The lowest BCUT2D eigenvalue weighted by molar-refractivity contribution is 0.170. The van der Waals surface area contributed by atoms with Gasteiger partial charge in [0.25, 0.3) is 0 Å². The van der Waals surface area contributed by atoms with Gasteiger partial charge in [0.05, 0.1) is 6.10 Å². The van der Waals surface area contributed by atoms with Gasteiger partial charge >= 0.3 is 0 Å². The van der Waals surface area contributed by atoms with Crippen LogP contribution in [0.5, 0.6) is 0 Å². The second-order valence-corrected chi connectivity index (χ2v) is 5.53. The number of nitrogens with two attached hydrogens (primary N) is 1. The first-order valence-electron chi connectivity index (χ1n) is 7.80. The number of rotatable bonds is 8. The van der Waals surface area contributed by atoms with Crippen molar-refractivity contribution in [1.29, 1.82) is 0 Å². The van der Waals surface area contributed by atoms with Crippen molar-refractivity contribution in [2.75, 3.05) is 6.54 Å². The number of benzene rings is 2. The highest BCUT2D eigenvalue weighted by molar-refractivity contribution is 5.25. The first-order valence-corrected chi connectivity index (χ1v) is 7.80. The predicted molar refractivity (Wildman–Crippen MR) is 88.2 cm³/mol. The van der Waals surface area contributed by atoms with Crippen LogP contribution in [0.15, 0.2) is 54.6 Å². The summed E-state index contributed by atoms with van der Waals surface area (Å²) in [6, 6.07) is 18.9. The topological polar surface area (TPSA) is 46.2 Å². The third-order valence-electron chi connectivity index (χ3n) is 3.80. The lowest BCUT2D eigenvalue weighted by atomic mass is 9.99. The third kappa shape index (κ3) is 5.33. The van der Waals surface area contributed by atoms with E-state index in [9.17, 15) is 5.11 Å². The summed E-state index contributed by atoms with van der Waals surface area (Å²) in [6.07, 6.45) is 4.76. The minimum absolute atomic E-state index is 0.431. The van der Waals surface area contributed by atoms with Crippen LogP contribution in [0.1, 0.15) is 42.1 Å². The van der Waals surface area contributed by atoms with Crippen LogP contribution in [-0.2, 0) is 12.8 Å². The summed E-state index contributed by atoms with van der Waals surface area (Å²) < 4.78 is 0. The number of aliphatic hydroxyl groups excluding tert-OH is 1. The zero-order valence-corrected chi connectivity index (χ0v) is 12.5. The van der Waals surface area contributed by atoms with E-state index >= 15 is 0 Å². The van der Waals surface area contributed by atoms with E-state index in [0.29, 0.717) is 13.0 Å². The normalized spacial score (nSPS) is 12.3. The summed E-state index contributed by atoms with van der Waals surface area (Å²) in [5, 5.41) is 9.99. The largest absolute Gasteiger partial charge is 0.388 e. The van der Waals surface area contributed by atoms with Gasteiger partial charge in [-0.05, 0) is 55.3 Å². The molecule has 0 saturated heterocycles. The molecule has 2 rings (SSSR count). The van der Waals surface area contributed by atoms with E-state index in [1.165, 1.54) is 24.0 Å². The van der Waals surface area contributed by atoms with Crippen molar-refractivity contribution in [3.63, 3.8) is 0 Å². The molecule has 0 saturated carbocycles. The summed E-state index contributed by atoms with van der Waals surface area (Å²) in [4.78, 5) is 0. The number of aliphatic hydroxyl groups is 1. The molecule has 1 unspecified atom stereocenters. The van der Waals surface area contributed by atoms with E-state index in [1.54, 1.807) is 0 Å². The van der Waals surface area contributed by atoms with Crippen LogP contribution < -0.4 is 5.73 Å². The van der Waals surface area contributed by atoms with Crippen LogP contribution in [0, 0.1) is 0 Å². The van der Waals surface area contributed by atoms with Crippen LogP contribution in [0.2, 0.25) is 0 Å². The van der Waals surface area contributed by atoms with Crippen LogP contribution >= 0.6 is 0 Å². The van der Waals surface area contributed by atoms with Crippen LogP contribution in [0.4, 0.5) is 0 Å². The van der Waals surface area contributed by atoms with Crippen LogP contribution in [0.25, 0.3) is 0 Å². The molecule has 2 aromatic rings. The van der Waals surface area contributed by atoms with Crippen molar-refractivity contribution < 1.29 is 5.11 Å². The molecule has 0 fully saturated rings. The average Bonchev–Trinajstić information content (AvgIpc) is 2.53. The smallest absolute Gasteiger partial charge is 0.0802 e. The summed E-state index contributed by atoms with van der Waals surface area (Å²) in [6.45, 7) is 0.516. The minimum Gasteiger partial charge on any atom is -0.388 e. The Morgan fingerprint density at radius 1 is 0.857 bits per heavy atom. The van der Waals surface area contributed by atoms with Crippen LogP contribution in [-0.4, -0.2) is 11.7 Å². The standard InChI is InChI=1S/C19H25NO/c20-14-13-19(21)18-12-6-11-17(15-18)10-5-4-9-16-7-2-1-3-8-16/h1-3,6-8,11-12,15,19,21H,4-5,9-10,13-14,20H2. The highest BCUT2D eigenvalue weighted by Crippen LogP contribution is 2.18.